The summed E-state index contributed by atoms with van der Waals surface area (Å²) in [5, 5.41) is 2.96. The largest absolute Gasteiger partial charge is 0.376 e. The van der Waals surface area contributed by atoms with Crippen molar-refractivity contribution in [1.82, 2.24) is 5.32 Å². The van der Waals surface area contributed by atoms with E-state index in [0.29, 0.717) is 13.0 Å². The number of carbonyl (C=O) groups excluding carboxylic acids is 1. The molecule has 1 unspecified atom stereocenters. The van der Waals surface area contributed by atoms with Crippen LogP contribution in [0, 0.1) is 0 Å². The maximum atomic E-state index is 11.8. The predicted octanol–water partition coefficient (Wildman–Crippen LogP) is 1.33. The smallest absolute Gasteiger partial charge is 0.221 e. The van der Waals surface area contributed by atoms with Gasteiger partial charge in [0.05, 0.1) is 6.10 Å². The Morgan fingerprint density at radius 2 is 2.06 bits per heavy atom. The van der Waals surface area contributed by atoms with E-state index in [4.69, 9.17) is 10.5 Å². The van der Waals surface area contributed by atoms with Crippen LogP contribution in [0.25, 0.3) is 0 Å². The predicted molar refractivity (Wildman–Crippen MR) is 66.6 cm³/mol. The summed E-state index contributed by atoms with van der Waals surface area (Å²) in [6.07, 6.45) is 8.40. The van der Waals surface area contributed by atoms with Crippen LogP contribution in [0.4, 0.5) is 0 Å². The molecule has 98 valence electrons. The van der Waals surface area contributed by atoms with Crippen molar-refractivity contribution in [2.75, 3.05) is 13.2 Å². The molecule has 4 nitrogen and oxygen atoms in total. The number of nitrogens with one attached hydrogen (secondary N) is 1. The molecule has 1 aliphatic heterocycles. The molecular formula is C13H24N2O2. The molecule has 4 heteroatoms. The summed E-state index contributed by atoms with van der Waals surface area (Å²) in [7, 11) is 0. The minimum atomic E-state index is -0.239. The SMILES string of the molecule is NC1(CC(=O)NCC2CCCCO2)CCCC1. The lowest BCUT2D eigenvalue weighted by molar-refractivity contribution is -0.123. The number of carbonyl (C=O) groups is 1. The van der Waals surface area contributed by atoms with Crippen molar-refractivity contribution in [1.29, 1.82) is 0 Å². The standard InChI is InChI=1S/C13H24N2O2/c14-13(6-2-3-7-13)9-12(16)15-10-11-5-1-4-8-17-11/h11H,1-10,14H2,(H,15,16). The lowest BCUT2D eigenvalue weighted by Crippen LogP contribution is -2.44. The third-order valence-electron chi connectivity index (χ3n) is 3.91. The molecule has 1 saturated heterocycles. The monoisotopic (exact) mass is 240 g/mol. The zero-order chi connectivity index (χ0) is 12.1. The van der Waals surface area contributed by atoms with E-state index < -0.39 is 0 Å². The van der Waals surface area contributed by atoms with E-state index in [-0.39, 0.29) is 17.6 Å². The van der Waals surface area contributed by atoms with E-state index in [9.17, 15) is 4.79 Å². The molecule has 1 aliphatic carbocycles. The minimum Gasteiger partial charge on any atom is -0.376 e. The number of hydrogen-bond acceptors (Lipinski definition) is 3. The van der Waals surface area contributed by atoms with Crippen LogP contribution in [-0.4, -0.2) is 30.7 Å². The van der Waals surface area contributed by atoms with Crippen LogP contribution in [0.5, 0.6) is 0 Å². The van der Waals surface area contributed by atoms with Gasteiger partial charge in [-0.25, -0.2) is 0 Å². The fraction of sp³-hybridized carbons (Fsp3) is 0.923. The van der Waals surface area contributed by atoms with E-state index in [2.05, 4.69) is 5.32 Å². The Morgan fingerprint density at radius 3 is 2.71 bits per heavy atom. The summed E-state index contributed by atoms with van der Waals surface area (Å²) in [6.45, 7) is 1.48. The molecule has 2 aliphatic rings. The van der Waals surface area contributed by atoms with Crippen LogP contribution in [0.2, 0.25) is 0 Å². The molecule has 1 amide bonds. The summed E-state index contributed by atoms with van der Waals surface area (Å²) in [6, 6.07) is 0. The van der Waals surface area contributed by atoms with Crippen molar-refractivity contribution >= 4 is 5.91 Å². The number of ether oxygens (including phenoxy) is 1. The highest BCUT2D eigenvalue weighted by atomic mass is 16.5. The Hall–Kier alpha value is -0.610. The van der Waals surface area contributed by atoms with E-state index in [1.54, 1.807) is 0 Å². The molecule has 0 aromatic heterocycles. The number of amides is 1. The van der Waals surface area contributed by atoms with Crippen molar-refractivity contribution in [3.8, 4) is 0 Å². The second kappa shape index (κ2) is 5.83. The maximum Gasteiger partial charge on any atom is 0.221 e. The third kappa shape index (κ3) is 3.96. The van der Waals surface area contributed by atoms with Gasteiger partial charge in [-0.05, 0) is 32.1 Å². The number of rotatable bonds is 4. The molecule has 0 radical (unpaired) electrons. The lowest BCUT2D eigenvalue weighted by atomic mass is 9.94. The van der Waals surface area contributed by atoms with E-state index in [1.165, 1.54) is 6.42 Å². The van der Waals surface area contributed by atoms with E-state index in [0.717, 1.165) is 45.1 Å². The van der Waals surface area contributed by atoms with Gasteiger partial charge in [0.1, 0.15) is 0 Å². The highest BCUT2D eigenvalue weighted by Crippen LogP contribution is 2.29. The second-order valence-electron chi connectivity index (χ2n) is 5.54. The average Bonchev–Trinajstić information content (AvgIpc) is 2.74. The van der Waals surface area contributed by atoms with Crippen molar-refractivity contribution < 1.29 is 9.53 Å². The highest BCUT2D eigenvalue weighted by molar-refractivity contribution is 5.77. The van der Waals surface area contributed by atoms with Gasteiger partial charge in [0.25, 0.3) is 0 Å². The quantitative estimate of drug-likeness (QED) is 0.779. The Labute approximate surface area is 103 Å². The van der Waals surface area contributed by atoms with Crippen LogP contribution in [0.1, 0.15) is 51.4 Å². The third-order valence-corrected chi connectivity index (χ3v) is 3.91. The van der Waals surface area contributed by atoms with Gasteiger partial charge in [-0.3, -0.25) is 4.79 Å². The summed E-state index contributed by atoms with van der Waals surface area (Å²) in [4.78, 5) is 11.8. The van der Waals surface area contributed by atoms with Crippen LogP contribution in [0.15, 0.2) is 0 Å². The van der Waals surface area contributed by atoms with Gasteiger partial charge in [-0.2, -0.15) is 0 Å². The van der Waals surface area contributed by atoms with Crippen molar-refractivity contribution in [2.45, 2.75) is 63.0 Å². The van der Waals surface area contributed by atoms with Gasteiger partial charge in [0.2, 0.25) is 5.91 Å². The zero-order valence-corrected chi connectivity index (χ0v) is 10.5. The van der Waals surface area contributed by atoms with Crippen molar-refractivity contribution in [3.05, 3.63) is 0 Å². The molecular weight excluding hydrogens is 216 g/mol. The molecule has 0 spiro atoms. The molecule has 2 fully saturated rings. The summed E-state index contributed by atoms with van der Waals surface area (Å²) < 4.78 is 5.58. The Kier molecular flexibility index (Phi) is 4.40. The molecule has 1 atom stereocenters. The fourth-order valence-electron chi connectivity index (χ4n) is 2.83. The first-order valence-corrected chi connectivity index (χ1v) is 6.85. The summed E-state index contributed by atoms with van der Waals surface area (Å²) >= 11 is 0. The van der Waals surface area contributed by atoms with Crippen molar-refractivity contribution in [2.24, 2.45) is 5.73 Å². The first-order chi connectivity index (χ1) is 8.18. The molecule has 0 aromatic carbocycles. The first kappa shape index (κ1) is 12.8. The minimum absolute atomic E-state index is 0.0866. The van der Waals surface area contributed by atoms with Gasteiger partial charge in [0.15, 0.2) is 0 Å². The van der Waals surface area contributed by atoms with Gasteiger partial charge < -0.3 is 15.8 Å². The molecule has 0 bridgehead atoms. The van der Waals surface area contributed by atoms with E-state index in [1.807, 2.05) is 0 Å². The van der Waals surface area contributed by atoms with E-state index >= 15 is 0 Å². The zero-order valence-electron chi connectivity index (χ0n) is 10.5. The number of hydrogen-bond donors (Lipinski definition) is 2. The first-order valence-electron chi connectivity index (χ1n) is 6.85. The topological polar surface area (TPSA) is 64.4 Å². The molecule has 2 rings (SSSR count). The second-order valence-corrected chi connectivity index (χ2v) is 5.54. The Bertz CT molecular complexity index is 256. The maximum absolute atomic E-state index is 11.8. The van der Waals surface area contributed by atoms with Crippen molar-refractivity contribution in [3.63, 3.8) is 0 Å². The normalized spacial score (nSPS) is 27.9. The molecule has 0 aromatic rings. The molecule has 1 saturated carbocycles. The molecule has 1 heterocycles. The van der Waals surface area contributed by atoms with Gasteiger partial charge in [-0.1, -0.05) is 12.8 Å². The molecule has 3 N–H and O–H groups in total. The van der Waals surface area contributed by atoms with Gasteiger partial charge in [-0.15, -0.1) is 0 Å². The van der Waals surface area contributed by atoms with Crippen LogP contribution < -0.4 is 11.1 Å². The van der Waals surface area contributed by atoms with Crippen LogP contribution >= 0.6 is 0 Å². The van der Waals surface area contributed by atoms with Gasteiger partial charge in [0, 0.05) is 25.1 Å². The van der Waals surface area contributed by atoms with Gasteiger partial charge >= 0.3 is 0 Å². The fourth-order valence-corrected chi connectivity index (χ4v) is 2.83. The lowest BCUT2D eigenvalue weighted by Gasteiger charge is -2.25. The summed E-state index contributed by atoms with van der Waals surface area (Å²) in [5.74, 6) is 0.0866. The Balaban J connectivity index is 1.66. The van der Waals surface area contributed by atoms with Crippen LogP contribution in [0.3, 0.4) is 0 Å². The average molecular weight is 240 g/mol. The number of nitrogens with two attached hydrogens (primary N) is 1. The highest BCUT2D eigenvalue weighted by Gasteiger charge is 2.31. The Morgan fingerprint density at radius 1 is 1.29 bits per heavy atom. The van der Waals surface area contributed by atoms with Crippen LogP contribution in [-0.2, 0) is 9.53 Å². The summed E-state index contributed by atoms with van der Waals surface area (Å²) in [5.41, 5.74) is 5.94. The molecule has 17 heavy (non-hydrogen) atoms.